The van der Waals surface area contributed by atoms with Gasteiger partial charge in [-0.3, -0.25) is 4.90 Å². The number of likely N-dealkylation sites (N-methyl/N-ethyl adjacent to an activating group) is 1. The van der Waals surface area contributed by atoms with Gasteiger partial charge in [-0.05, 0) is 36.9 Å². The molecule has 1 aliphatic rings. The van der Waals surface area contributed by atoms with Crippen LogP contribution in [0.25, 0.3) is 10.2 Å². The number of ether oxygens (including phenoxy) is 2. The molecule has 6 nitrogen and oxygen atoms in total. The highest BCUT2D eigenvalue weighted by atomic mass is 35.5. The van der Waals surface area contributed by atoms with Crippen LogP contribution in [0.4, 0.5) is 11.5 Å². The van der Waals surface area contributed by atoms with Gasteiger partial charge in [-0.1, -0.05) is 53.8 Å². The van der Waals surface area contributed by atoms with Crippen LogP contribution in [0.5, 0.6) is 5.75 Å². The van der Waals surface area contributed by atoms with Gasteiger partial charge in [0.2, 0.25) is 0 Å². The fourth-order valence-corrected chi connectivity index (χ4v) is 4.72. The molecule has 34 heavy (non-hydrogen) atoms. The third kappa shape index (κ3) is 5.32. The van der Waals surface area contributed by atoms with E-state index in [1.165, 1.54) is 0 Å². The number of halogens is 1. The van der Waals surface area contributed by atoms with E-state index >= 15 is 0 Å². The largest absolute Gasteiger partial charge is 0.487 e. The first-order valence-corrected chi connectivity index (χ1v) is 12.1. The van der Waals surface area contributed by atoms with Gasteiger partial charge in [-0.25, -0.2) is 9.97 Å². The third-order valence-corrected chi connectivity index (χ3v) is 6.84. The Bertz CT molecular complexity index is 1350. The van der Waals surface area contributed by atoms with Crippen LogP contribution in [0.1, 0.15) is 10.4 Å². The molecule has 0 aliphatic carbocycles. The number of rotatable bonds is 5. The topological polar surface area (TPSA) is 59.5 Å². The van der Waals surface area contributed by atoms with E-state index in [-0.39, 0.29) is 6.04 Å². The molecule has 0 bridgehead atoms. The number of morpholine rings is 1. The first-order chi connectivity index (χ1) is 16.7. The normalized spacial score (nSPS) is 16.1. The number of anilines is 2. The summed E-state index contributed by atoms with van der Waals surface area (Å²) < 4.78 is 12.4. The zero-order chi connectivity index (χ0) is 23.3. The summed E-state index contributed by atoms with van der Waals surface area (Å²) in [7, 11) is 2.07. The Hall–Kier alpha value is -3.15. The Kier molecular flexibility index (Phi) is 6.93. The van der Waals surface area contributed by atoms with Crippen LogP contribution in [0.3, 0.4) is 0 Å². The molecule has 8 heteroatoms. The van der Waals surface area contributed by atoms with Gasteiger partial charge in [0.25, 0.3) is 0 Å². The summed E-state index contributed by atoms with van der Waals surface area (Å²) in [5.41, 5.74) is 2.76. The fraction of sp³-hybridized carbons (Fsp3) is 0.231. The molecule has 3 heterocycles. The summed E-state index contributed by atoms with van der Waals surface area (Å²) in [4.78, 5) is 12.0. The van der Waals surface area contributed by atoms with Crippen molar-refractivity contribution in [3.05, 3.63) is 76.4 Å². The molecule has 4 aromatic rings. The van der Waals surface area contributed by atoms with Crippen molar-refractivity contribution in [2.24, 2.45) is 0 Å². The SMILES string of the molecule is CN1CCOCC1C#Cc1cc2ncnc(Nc3ccc(OCc4ccccc4)c(Cl)c3)c2s1. The number of hydrogen-bond donors (Lipinski definition) is 1. The summed E-state index contributed by atoms with van der Waals surface area (Å²) in [6.45, 7) is 2.74. The minimum Gasteiger partial charge on any atom is -0.487 e. The maximum absolute atomic E-state index is 6.48. The van der Waals surface area contributed by atoms with Crippen molar-refractivity contribution in [3.63, 3.8) is 0 Å². The van der Waals surface area contributed by atoms with Crippen LogP contribution in [0.2, 0.25) is 5.02 Å². The summed E-state index contributed by atoms with van der Waals surface area (Å²) in [5, 5.41) is 3.89. The minimum absolute atomic E-state index is 0.104. The lowest BCUT2D eigenvalue weighted by molar-refractivity contribution is 0.0267. The number of nitrogens with zero attached hydrogens (tertiary/aromatic N) is 3. The van der Waals surface area contributed by atoms with E-state index in [1.807, 2.05) is 54.6 Å². The predicted molar refractivity (Wildman–Crippen MR) is 137 cm³/mol. The van der Waals surface area contributed by atoms with Crippen molar-refractivity contribution in [1.82, 2.24) is 14.9 Å². The van der Waals surface area contributed by atoms with E-state index in [2.05, 4.69) is 39.1 Å². The lowest BCUT2D eigenvalue weighted by Crippen LogP contribution is -2.41. The third-order valence-electron chi connectivity index (χ3n) is 5.50. The molecule has 0 radical (unpaired) electrons. The van der Waals surface area contributed by atoms with Crippen LogP contribution in [-0.4, -0.2) is 47.7 Å². The first kappa shape index (κ1) is 22.6. The molecule has 2 aromatic carbocycles. The van der Waals surface area contributed by atoms with Gasteiger partial charge in [0.05, 0.1) is 39.4 Å². The number of benzene rings is 2. The van der Waals surface area contributed by atoms with Crippen LogP contribution < -0.4 is 10.1 Å². The van der Waals surface area contributed by atoms with Crippen molar-refractivity contribution < 1.29 is 9.47 Å². The minimum atomic E-state index is 0.104. The van der Waals surface area contributed by atoms with Crippen LogP contribution in [-0.2, 0) is 11.3 Å². The van der Waals surface area contributed by atoms with Crippen molar-refractivity contribution in [1.29, 1.82) is 0 Å². The second-order valence-corrected chi connectivity index (χ2v) is 9.39. The van der Waals surface area contributed by atoms with E-state index in [1.54, 1.807) is 17.7 Å². The van der Waals surface area contributed by atoms with E-state index in [9.17, 15) is 0 Å². The number of fused-ring (bicyclic) bond motifs is 1. The highest BCUT2D eigenvalue weighted by molar-refractivity contribution is 7.20. The molecule has 0 saturated carbocycles. The predicted octanol–water partition coefficient (Wildman–Crippen LogP) is 5.35. The summed E-state index contributed by atoms with van der Waals surface area (Å²) >= 11 is 8.05. The second kappa shape index (κ2) is 10.4. The Labute approximate surface area is 207 Å². The molecule has 172 valence electrons. The standard InChI is InChI=1S/C26H23ClN4O2S/c1-31-11-12-32-16-20(31)8-9-21-14-23-25(34-21)26(29-17-28-23)30-19-7-10-24(22(27)13-19)33-15-18-5-3-2-4-6-18/h2-7,10,13-14,17,20H,11-12,15-16H2,1H3,(H,28,29,30). The van der Waals surface area contributed by atoms with Gasteiger partial charge in [0.15, 0.2) is 5.82 Å². The van der Waals surface area contributed by atoms with E-state index in [0.717, 1.165) is 45.3 Å². The molecule has 2 aromatic heterocycles. The van der Waals surface area contributed by atoms with Crippen molar-refractivity contribution in [3.8, 4) is 17.6 Å². The van der Waals surface area contributed by atoms with Gasteiger partial charge in [0.1, 0.15) is 18.7 Å². The zero-order valence-corrected chi connectivity index (χ0v) is 20.2. The van der Waals surface area contributed by atoms with Gasteiger partial charge in [-0.15, -0.1) is 11.3 Å². The Balaban J connectivity index is 1.31. The molecule has 1 N–H and O–H groups in total. The van der Waals surface area contributed by atoms with E-state index in [4.69, 9.17) is 21.1 Å². The van der Waals surface area contributed by atoms with Crippen LogP contribution in [0, 0.1) is 11.8 Å². The fourth-order valence-electron chi connectivity index (χ4n) is 3.57. The molecular formula is C26H23ClN4O2S. The first-order valence-electron chi connectivity index (χ1n) is 10.9. The van der Waals surface area contributed by atoms with Gasteiger partial charge in [0, 0.05) is 12.2 Å². The Morgan fingerprint density at radius 2 is 2.09 bits per heavy atom. The lowest BCUT2D eigenvalue weighted by Gasteiger charge is -2.28. The van der Waals surface area contributed by atoms with E-state index < -0.39 is 0 Å². The Morgan fingerprint density at radius 1 is 1.21 bits per heavy atom. The maximum atomic E-state index is 6.48. The van der Waals surface area contributed by atoms with Crippen molar-refractivity contribution in [2.45, 2.75) is 12.6 Å². The number of nitrogens with one attached hydrogen (secondary N) is 1. The van der Waals surface area contributed by atoms with Crippen LogP contribution in [0.15, 0.2) is 60.9 Å². The summed E-state index contributed by atoms with van der Waals surface area (Å²) in [5.74, 6) is 7.95. The molecule has 0 spiro atoms. The maximum Gasteiger partial charge on any atom is 0.151 e. The monoisotopic (exact) mass is 490 g/mol. The number of aromatic nitrogens is 2. The second-order valence-electron chi connectivity index (χ2n) is 7.93. The molecule has 1 atom stereocenters. The van der Waals surface area contributed by atoms with Crippen LogP contribution >= 0.6 is 22.9 Å². The van der Waals surface area contributed by atoms with Gasteiger partial charge >= 0.3 is 0 Å². The summed E-state index contributed by atoms with van der Waals surface area (Å²) in [6.07, 6.45) is 1.55. The molecule has 0 amide bonds. The zero-order valence-electron chi connectivity index (χ0n) is 18.6. The van der Waals surface area contributed by atoms with Crippen molar-refractivity contribution >= 4 is 44.7 Å². The van der Waals surface area contributed by atoms with Gasteiger partial charge < -0.3 is 14.8 Å². The summed E-state index contributed by atoms with van der Waals surface area (Å²) in [6, 6.07) is 17.7. The van der Waals surface area contributed by atoms with Gasteiger partial charge in [-0.2, -0.15) is 0 Å². The quantitative estimate of drug-likeness (QED) is 0.380. The molecule has 1 fully saturated rings. The average Bonchev–Trinajstić information content (AvgIpc) is 3.28. The lowest BCUT2D eigenvalue weighted by atomic mass is 10.2. The average molecular weight is 491 g/mol. The number of thiophene rings is 1. The smallest absolute Gasteiger partial charge is 0.151 e. The molecular weight excluding hydrogens is 468 g/mol. The molecule has 5 rings (SSSR count). The highest BCUT2D eigenvalue weighted by Gasteiger charge is 2.17. The molecule has 1 saturated heterocycles. The molecule has 1 aliphatic heterocycles. The Morgan fingerprint density at radius 3 is 2.91 bits per heavy atom. The van der Waals surface area contributed by atoms with E-state index in [0.29, 0.717) is 24.0 Å². The number of hydrogen-bond acceptors (Lipinski definition) is 7. The highest BCUT2D eigenvalue weighted by Crippen LogP contribution is 2.33. The molecule has 1 unspecified atom stereocenters. The van der Waals surface area contributed by atoms with Crippen molar-refractivity contribution in [2.75, 3.05) is 32.1 Å².